The molecule has 7 nitrogen and oxygen atoms in total. The van der Waals surface area contributed by atoms with Crippen molar-refractivity contribution >= 4 is 39.1 Å². The Morgan fingerprint density at radius 1 is 1.15 bits per heavy atom. The van der Waals surface area contributed by atoms with Gasteiger partial charge in [0, 0.05) is 36.7 Å². The normalized spacial score (nSPS) is 15.0. The highest BCUT2D eigenvalue weighted by molar-refractivity contribution is 7.94. The SMILES string of the molecule is COc1ccc(N2CCN(C=O)CC2)cc1NS(=O)(=O)c1ccc(C)s1. The Bertz CT molecular complexity index is 887. The number of sulfonamides is 1. The zero-order valence-corrected chi connectivity index (χ0v) is 16.3. The fraction of sp³-hybridized carbons (Fsp3) is 0.353. The lowest BCUT2D eigenvalue weighted by atomic mass is 10.2. The van der Waals surface area contributed by atoms with E-state index in [1.165, 1.54) is 18.4 Å². The molecule has 1 saturated heterocycles. The van der Waals surface area contributed by atoms with Crippen molar-refractivity contribution in [3.8, 4) is 5.75 Å². The highest BCUT2D eigenvalue weighted by atomic mass is 32.2. The van der Waals surface area contributed by atoms with Crippen LogP contribution in [0.4, 0.5) is 11.4 Å². The number of benzene rings is 1. The number of nitrogens with one attached hydrogen (secondary N) is 1. The Labute approximate surface area is 157 Å². The van der Waals surface area contributed by atoms with Crippen LogP contribution in [-0.4, -0.2) is 53.0 Å². The Morgan fingerprint density at radius 3 is 2.46 bits per heavy atom. The first-order chi connectivity index (χ1) is 12.4. The Morgan fingerprint density at radius 2 is 1.88 bits per heavy atom. The molecule has 1 fully saturated rings. The van der Waals surface area contributed by atoms with Crippen molar-refractivity contribution in [1.29, 1.82) is 0 Å². The quantitative estimate of drug-likeness (QED) is 0.758. The predicted molar refractivity (Wildman–Crippen MR) is 103 cm³/mol. The maximum absolute atomic E-state index is 12.6. The van der Waals surface area contributed by atoms with Crippen LogP contribution < -0.4 is 14.4 Å². The van der Waals surface area contributed by atoms with Crippen LogP contribution in [0.3, 0.4) is 0 Å². The molecule has 1 aromatic carbocycles. The van der Waals surface area contributed by atoms with E-state index < -0.39 is 10.0 Å². The zero-order chi connectivity index (χ0) is 18.7. The van der Waals surface area contributed by atoms with E-state index in [-0.39, 0.29) is 4.21 Å². The van der Waals surface area contributed by atoms with Crippen molar-refractivity contribution in [3.05, 3.63) is 35.2 Å². The summed E-state index contributed by atoms with van der Waals surface area (Å²) in [7, 11) is -2.16. The van der Waals surface area contributed by atoms with Crippen LogP contribution in [0.15, 0.2) is 34.5 Å². The number of thiophene rings is 1. The van der Waals surface area contributed by atoms with Crippen LogP contribution >= 0.6 is 11.3 Å². The summed E-state index contributed by atoms with van der Waals surface area (Å²) in [6.07, 6.45) is 0.855. The van der Waals surface area contributed by atoms with E-state index in [4.69, 9.17) is 4.74 Å². The first kappa shape index (κ1) is 18.5. The van der Waals surface area contributed by atoms with Crippen molar-refractivity contribution in [2.75, 3.05) is 42.9 Å². The van der Waals surface area contributed by atoms with Crippen LogP contribution in [0.2, 0.25) is 0 Å². The van der Waals surface area contributed by atoms with Gasteiger partial charge in [-0.3, -0.25) is 9.52 Å². The van der Waals surface area contributed by atoms with Crippen LogP contribution in [0.25, 0.3) is 0 Å². The van der Waals surface area contributed by atoms with Gasteiger partial charge >= 0.3 is 0 Å². The third-order valence-electron chi connectivity index (χ3n) is 4.24. The summed E-state index contributed by atoms with van der Waals surface area (Å²) in [5, 5.41) is 0. The molecule has 1 N–H and O–H groups in total. The number of amides is 1. The average molecular weight is 396 g/mol. The number of methoxy groups -OCH3 is 1. The van der Waals surface area contributed by atoms with Gasteiger partial charge in [-0.15, -0.1) is 11.3 Å². The molecule has 2 aromatic rings. The molecule has 3 rings (SSSR count). The Hall–Kier alpha value is -2.26. The number of hydrogen-bond donors (Lipinski definition) is 1. The largest absolute Gasteiger partial charge is 0.495 e. The first-order valence-corrected chi connectivity index (χ1v) is 10.4. The van der Waals surface area contributed by atoms with E-state index in [9.17, 15) is 13.2 Å². The number of piperazine rings is 1. The van der Waals surface area contributed by atoms with Crippen molar-refractivity contribution in [2.24, 2.45) is 0 Å². The van der Waals surface area contributed by atoms with Crippen LogP contribution in [-0.2, 0) is 14.8 Å². The van der Waals surface area contributed by atoms with Crippen LogP contribution in [0.1, 0.15) is 4.88 Å². The van der Waals surface area contributed by atoms with E-state index in [0.29, 0.717) is 37.6 Å². The number of anilines is 2. The monoisotopic (exact) mass is 395 g/mol. The molecule has 2 heterocycles. The van der Waals surface area contributed by atoms with Crippen LogP contribution in [0, 0.1) is 6.92 Å². The van der Waals surface area contributed by atoms with Gasteiger partial charge in [0.05, 0.1) is 12.8 Å². The van der Waals surface area contributed by atoms with Gasteiger partial charge in [-0.2, -0.15) is 0 Å². The van der Waals surface area contributed by atoms with E-state index in [0.717, 1.165) is 17.0 Å². The van der Waals surface area contributed by atoms with Crippen LogP contribution in [0.5, 0.6) is 5.75 Å². The molecule has 0 aliphatic carbocycles. The molecule has 0 spiro atoms. The van der Waals surface area contributed by atoms with Gasteiger partial charge < -0.3 is 14.5 Å². The molecule has 0 unspecified atom stereocenters. The molecule has 9 heteroatoms. The maximum atomic E-state index is 12.6. The topological polar surface area (TPSA) is 79.0 Å². The third kappa shape index (κ3) is 3.94. The summed E-state index contributed by atoms with van der Waals surface area (Å²) in [5.74, 6) is 0.456. The lowest BCUT2D eigenvalue weighted by Gasteiger charge is -2.34. The van der Waals surface area contributed by atoms with Crippen molar-refractivity contribution in [3.63, 3.8) is 0 Å². The van der Waals surface area contributed by atoms with Gasteiger partial charge in [0.1, 0.15) is 9.96 Å². The van der Waals surface area contributed by atoms with E-state index in [1.807, 2.05) is 13.0 Å². The minimum Gasteiger partial charge on any atom is -0.495 e. The van der Waals surface area contributed by atoms with Gasteiger partial charge in [-0.1, -0.05) is 0 Å². The highest BCUT2D eigenvalue weighted by Crippen LogP contribution is 2.33. The zero-order valence-electron chi connectivity index (χ0n) is 14.6. The summed E-state index contributed by atoms with van der Waals surface area (Å²) in [6.45, 7) is 4.54. The number of carbonyl (C=O) groups is 1. The second-order valence-electron chi connectivity index (χ2n) is 5.98. The lowest BCUT2D eigenvalue weighted by molar-refractivity contribution is -0.118. The molecule has 1 aliphatic rings. The number of aryl methyl sites for hydroxylation is 1. The minimum atomic E-state index is -3.67. The smallest absolute Gasteiger partial charge is 0.271 e. The second-order valence-corrected chi connectivity index (χ2v) is 9.18. The van der Waals surface area contributed by atoms with Gasteiger partial charge in [0.2, 0.25) is 6.41 Å². The van der Waals surface area contributed by atoms with Gasteiger partial charge in [-0.05, 0) is 37.3 Å². The Kier molecular flexibility index (Phi) is 5.38. The van der Waals surface area contributed by atoms with E-state index in [2.05, 4.69) is 9.62 Å². The molecule has 140 valence electrons. The van der Waals surface area contributed by atoms with Gasteiger partial charge in [0.15, 0.2) is 0 Å². The number of ether oxygens (including phenoxy) is 1. The summed E-state index contributed by atoms with van der Waals surface area (Å²) < 4.78 is 33.5. The summed E-state index contributed by atoms with van der Waals surface area (Å²) in [5.41, 5.74) is 1.28. The summed E-state index contributed by atoms with van der Waals surface area (Å²) in [6, 6.07) is 8.78. The number of hydrogen-bond acceptors (Lipinski definition) is 6. The summed E-state index contributed by atoms with van der Waals surface area (Å²) in [4.78, 5) is 15.6. The standard InChI is InChI=1S/C17H21N3O4S2/c1-13-3-6-17(25-13)26(22,23)18-15-11-14(4-5-16(15)24-2)20-9-7-19(12-21)8-10-20/h3-6,11-12,18H,7-10H2,1-2H3. The second kappa shape index (κ2) is 7.55. The number of nitrogens with zero attached hydrogens (tertiary/aromatic N) is 2. The molecule has 0 radical (unpaired) electrons. The molecule has 1 aromatic heterocycles. The van der Waals surface area contributed by atoms with E-state index >= 15 is 0 Å². The molecule has 1 aliphatic heterocycles. The van der Waals surface area contributed by atoms with E-state index in [1.54, 1.807) is 29.2 Å². The maximum Gasteiger partial charge on any atom is 0.271 e. The minimum absolute atomic E-state index is 0.266. The molecular formula is C17H21N3O4S2. The van der Waals surface area contributed by atoms with Gasteiger partial charge in [-0.25, -0.2) is 8.42 Å². The van der Waals surface area contributed by atoms with Crippen molar-refractivity contribution < 1.29 is 17.9 Å². The molecule has 0 atom stereocenters. The summed E-state index contributed by atoms with van der Waals surface area (Å²) >= 11 is 1.22. The van der Waals surface area contributed by atoms with Crippen molar-refractivity contribution in [1.82, 2.24) is 4.90 Å². The highest BCUT2D eigenvalue weighted by Gasteiger charge is 2.21. The average Bonchev–Trinajstić information content (AvgIpc) is 3.09. The molecular weight excluding hydrogens is 374 g/mol. The third-order valence-corrected chi connectivity index (χ3v) is 7.09. The lowest BCUT2D eigenvalue weighted by Crippen LogP contribution is -2.45. The molecule has 26 heavy (non-hydrogen) atoms. The molecule has 1 amide bonds. The molecule has 0 saturated carbocycles. The number of carbonyl (C=O) groups excluding carboxylic acids is 1. The van der Waals surface area contributed by atoms with Crippen molar-refractivity contribution in [2.45, 2.75) is 11.1 Å². The fourth-order valence-electron chi connectivity index (χ4n) is 2.81. The van der Waals surface area contributed by atoms with Gasteiger partial charge in [0.25, 0.3) is 10.0 Å². The molecule has 0 bridgehead atoms. The first-order valence-electron chi connectivity index (χ1n) is 8.14. The fourth-order valence-corrected chi connectivity index (χ4v) is 5.15. The number of rotatable bonds is 6. The predicted octanol–water partition coefficient (Wildman–Crippen LogP) is 2.14. The Balaban J connectivity index is 1.85.